The van der Waals surface area contributed by atoms with Crippen LogP contribution in [0.2, 0.25) is 5.15 Å². The number of aromatic nitrogens is 3. The Kier molecular flexibility index (Phi) is 3.38. The minimum absolute atomic E-state index is 0.156. The Morgan fingerprint density at radius 1 is 0.857 bits per heavy atom. The number of benzene rings is 1. The number of para-hydroxylation sites is 1. The van der Waals surface area contributed by atoms with Crippen LogP contribution in [0.1, 0.15) is 26.6 Å². The molecule has 3 rings (SSSR count). The quantitative estimate of drug-likeness (QED) is 0.614. The molecule has 21 heavy (non-hydrogen) atoms. The molecule has 106 valence electrons. The number of nitrogens with zero attached hydrogens (tertiary/aromatic N) is 3. The van der Waals surface area contributed by atoms with Crippen molar-refractivity contribution < 1.29 is 0 Å². The lowest BCUT2D eigenvalue weighted by Crippen LogP contribution is -2.16. The van der Waals surface area contributed by atoms with Crippen LogP contribution in [0.4, 0.5) is 0 Å². The molecule has 0 spiro atoms. The van der Waals surface area contributed by atoms with Crippen LogP contribution in [0, 0.1) is 0 Å². The molecule has 0 atom stereocenters. The first kappa shape index (κ1) is 14.0. The van der Waals surface area contributed by atoms with E-state index in [0.29, 0.717) is 5.15 Å². The molecule has 0 amide bonds. The van der Waals surface area contributed by atoms with Crippen molar-refractivity contribution in [3.05, 3.63) is 53.4 Å². The lowest BCUT2D eigenvalue weighted by molar-refractivity contribution is 0.546. The second-order valence-corrected chi connectivity index (χ2v) is 6.43. The van der Waals surface area contributed by atoms with Crippen LogP contribution >= 0.6 is 11.6 Å². The summed E-state index contributed by atoms with van der Waals surface area (Å²) >= 11 is 6.15. The fourth-order valence-electron chi connectivity index (χ4n) is 2.09. The fourth-order valence-corrected chi connectivity index (χ4v) is 2.28. The largest absolute Gasteiger partial charge is 0.246 e. The highest BCUT2D eigenvalue weighted by atomic mass is 35.5. The van der Waals surface area contributed by atoms with E-state index in [4.69, 9.17) is 11.6 Å². The standard InChI is InChI=1S/C17H16ClN3/c1-17(2,3)16-20-14(10-15(18)21-16)13-9-8-11-6-4-5-7-12(11)19-13/h4-10H,1-3H3. The first-order chi connectivity index (χ1) is 9.93. The molecule has 3 aromatic rings. The van der Waals surface area contributed by atoms with E-state index in [1.54, 1.807) is 6.07 Å². The molecule has 2 heterocycles. The van der Waals surface area contributed by atoms with E-state index >= 15 is 0 Å². The molecule has 0 saturated heterocycles. The van der Waals surface area contributed by atoms with Crippen molar-refractivity contribution in [2.45, 2.75) is 26.2 Å². The summed E-state index contributed by atoms with van der Waals surface area (Å²) in [7, 11) is 0. The Bertz CT molecular complexity index is 806. The van der Waals surface area contributed by atoms with Gasteiger partial charge in [0.15, 0.2) is 0 Å². The molecule has 0 saturated carbocycles. The average molecular weight is 298 g/mol. The van der Waals surface area contributed by atoms with E-state index in [1.165, 1.54) is 0 Å². The van der Waals surface area contributed by atoms with Gasteiger partial charge in [-0.3, -0.25) is 0 Å². The SMILES string of the molecule is CC(C)(C)c1nc(Cl)cc(-c2ccc3ccccc3n2)n1. The monoisotopic (exact) mass is 297 g/mol. The summed E-state index contributed by atoms with van der Waals surface area (Å²) in [6.45, 7) is 6.20. The highest BCUT2D eigenvalue weighted by molar-refractivity contribution is 6.29. The number of fused-ring (bicyclic) bond motifs is 1. The summed E-state index contributed by atoms with van der Waals surface area (Å²) in [4.78, 5) is 13.6. The molecule has 0 aliphatic heterocycles. The van der Waals surface area contributed by atoms with Gasteiger partial charge in [-0.15, -0.1) is 0 Å². The van der Waals surface area contributed by atoms with Crippen molar-refractivity contribution in [2.75, 3.05) is 0 Å². The highest BCUT2D eigenvalue weighted by Crippen LogP contribution is 2.25. The lowest BCUT2D eigenvalue weighted by Gasteiger charge is -2.17. The van der Waals surface area contributed by atoms with E-state index in [9.17, 15) is 0 Å². The van der Waals surface area contributed by atoms with Crippen LogP contribution in [0.15, 0.2) is 42.5 Å². The van der Waals surface area contributed by atoms with Crippen LogP contribution in [-0.2, 0) is 5.41 Å². The van der Waals surface area contributed by atoms with Crippen molar-refractivity contribution in [3.63, 3.8) is 0 Å². The van der Waals surface area contributed by atoms with E-state index in [1.807, 2.05) is 36.4 Å². The second-order valence-electron chi connectivity index (χ2n) is 6.04. The summed E-state index contributed by atoms with van der Waals surface area (Å²) in [5.74, 6) is 0.722. The van der Waals surface area contributed by atoms with Gasteiger partial charge in [0, 0.05) is 16.9 Å². The Hall–Kier alpha value is -2.00. The molecule has 0 fully saturated rings. The topological polar surface area (TPSA) is 38.7 Å². The summed E-state index contributed by atoms with van der Waals surface area (Å²) in [5, 5.41) is 1.55. The summed E-state index contributed by atoms with van der Waals surface area (Å²) < 4.78 is 0. The molecule has 1 aromatic carbocycles. The van der Waals surface area contributed by atoms with Crippen LogP contribution < -0.4 is 0 Å². The minimum Gasteiger partial charge on any atom is -0.246 e. The third-order valence-corrected chi connectivity index (χ3v) is 3.42. The minimum atomic E-state index is -0.156. The lowest BCUT2D eigenvalue weighted by atomic mass is 9.95. The molecule has 0 N–H and O–H groups in total. The van der Waals surface area contributed by atoms with E-state index in [0.717, 1.165) is 28.1 Å². The molecule has 3 nitrogen and oxygen atoms in total. The molecule has 2 aromatic heterocycles. The Morgan fingerprint density at radius 3 is 2.38 bits per heavy atom. The van der Waals surface area contributed by atoms with Crippen molar-refractivity contribution in [2.24, 2.45) is 0 Å². The fraction of sp³-hybridized carbons (Fsp3) is 0.235. The van der Waals surface area contributed by atoms with E-state index < -0.39 is 0 Å². The molecule has 0 aliphatic carbocycles. The van der Waals surface area contributed by atoms with Gasteiger partial charge in [0.05, 0.1) is 16.9 Å². The molecule has 0 radical (unpaired) electrons. The number of halogens is 1. The maximum atomic E-state index is 6.15. The zero-order valence-electron chi connectivity index (χ0n) is 12.3. The van der Waals surface area contributed by atoms with Gasteiger partial charge in [0.25, 0.3) is 0 Å². The van der Waals surface area contributed by atoms with Crippen LogP contribution in [0.25, 0.3) is 22.3 Å². The number of pyridine rings is 1. The van der Waals surface area contributed by atoms with Gasteiger partial charge in [-0.2, -0.15) is 0 Å². The number of hydrogen-bond donors (Lipinski definition) is 0. The normalized spacial score (nSPS) is 11.8. The van der Waals surface area contributed by atoms with Gasteiger partial charge in [0.2, 0.25) is 0 Å². The first-order valence-electron chi connectivity index (χ1n) is 6.85. The molecule has 0 bridgehead atoms. The van der Waals surface area contributed by atoms with Crippen molar-refractivity contribution >= 4 is 22.5 Å². The second kappa shape index (κ2) is 5.08. The highest BCUT2D eigenvalue weighted by Gasteiger charge is 2.19. The Balaban J connectivity index is 2.16. The van der Waals surface area contributed by atoms with Crippen molar-refractivity contribution in [1.82, 2.24) is 15.0 Å². The predicted molar refractivity (Wildman–Crippen MR) is 86.5 cm³/mol. The molecule has 0 aliphatic rings. The molecular weight excluding hydrogens is 282 g/mol. The van der Waals surface area contributed by atoms with Gasteiger partial charge in [-0.1, -0.05) is 56.6 Å². The van der Waals surface area contributed by atoms with Crippen LogP contribution in [-0.4, -0.2) is 15.0 Å². The van der Waals surface area contributed by atoms with E-state index in [2.05, 4.69) is 35.7 Å². The number of hydrogen-bond acceptors (Lipinski definition) is 3. The average Bonchev–Trinajstić information content (AvgIpc) is 2.45. The third kappa shape index (κ3) is 2.88. The van der Waals surface area contributed by atoms with Crippen LogP contribution in [0.5, 0.6) is 0 Å². The zero-order valence-corrected chi connectivity index (χ0v) is 13.0. The number of rotatable bonds is 1. The molecule has 0 unspecified atom stereocenters. The van der Waals surface area contributed by atoms with Gasteiger partial charge < -0.3 is 0 Å². The maximum absolute atomic E-state index is 6.15. The van der Waals surface area contributed by atoms with Gasteiger partial charge in [0.1, 0.15) is 11.0 Å². The van der Waals surface area contributed by atoms with Crippen LogP contribution in [0.3, 0.4) is 0 Å². The van der Waals surface area contributed by atoms with Gasteiger partial charge >= 0.3 is 0 Å². The van der Waals surface area contributed by atoms with Gasteiger partial charge in [-0.25, -0.2) is 15.0 Å². The summed E-state index contributed by atoms with van der Waals surface area (Å²) in [6, 6.07) is 13.8. The Morgan fingerprint density at radius 2 is 1.62 bits per heavy atom. The summed E-state index contributed by atoms with van der Waals surface area (Å²) in [5.41, 5.74) is 2.35. The molecular formula is C17H16ClN3. The first-order valence-corrected chi connectivity index (χ1v) is 7.22. The molecule has 4 heteroatoms. The van der Waals surface area contributed by atoms with Crippen molar-refractivity contribution in [3.8, 4) is 11.4 Å². The maximum Gasteiger partial charge on any atom is 0.136 e. The third-order valence-electron chi connectivity index (χ3n) is 3.23. The zero-order chi connectivity index (χ0) is 15.0. The van der Waals surface area contributed by atoms with Gasteiger partial charge in [-0.05, 0) is 12.1 Å². The predicted octanol–water partition coefficient (Wildman–Crippen LogP) is 4.64. The summed E-state index contributed by atoms with van der Waals surface area (Å²) in [6.07, 6.45) is 0. The Labute approximate surface area is 129 Å². The van der Waals surface area contributed by atoms with Crippen molar-refractivity contribution in [1.29, 1.82) is 0 Å². The van der Waals surface area contributed by atoms with E-state index in [-0.39, 0.29) is 5.41 Å². The smallest absolute Gasteiger partial charge is 0.136 e.